The van der Waals surface area contributed by atoms with Crippen LogP contribution in [0.2, 0.25) is 0 Å². The van der Waals surface area contributed by atoms with Gasteiger partial charge in [0, 0.05) is 38.0 Å². The van der Waals surface area contributed by atoms with Crippen LogP contribution in [-0.2, 0) is 35.2 Å². The van der Waals surface area contributed by atoms with Crippen LogP contribution in [0.3, 0.4) is 0 Å². The van der Waals surface area contributed by atoms with Crippen LogP contribution in [0.25, 0.3) is 10.9 Å². The van der Waals surface area contributed by atoms with E-state index in [0.717, 1.165) is 29.3 Å². The highest BCUT2D eigenvalue weighted by atomic mass is 16.7. The number of benzene rings is 1. The molecular formula is C34H50N6O7. The van der Waals surface area contributed by atoms with Gasteiger partial charge >= 0.3 is 0 Å². The van der Waals surface area contributed by atoms with Crippen LogP contribution in [-0.4, -0.2) is 96.2 Å². The molecule has 5 amide bonds. The Kier molecular flexibility index (Phi) is 12.6. The number of piperidine rings is 1. The normalized spacial score (nSPS) is 23.1. The summed E-state index contributed by atoms with van der Waals surface area (Å²) in [7, 11) is 4.53. The summed E-state index contributed by atoms with van der Waals surface area (Å²) in [6, 6.07) is 4.07. The zero-order valence-electron chi connectivity index (χ0n) is 28.3. The van der Waals surface area contributed by atoms with E-state index in [2.05, 4.69) is 16.0 Å². The molecule has 2 aliphatic rings. The third-order valence-electron chi connectivity index (χ3n) is 9.52. The highest BCUT2D eigenvalue weighted by molar-refractivity contribution is 5.98. The van der Waals surface area contributed by atoms with Gasteiger partial charge in [-0.2, -0.15) is 4.73 Å². The SMILES string of the molecule is CCC(C)[C@@H]1NC(=O)[C@H](Cc2cn(OC)c3ccccc23)NC(=O)[C@H](CCCCCC(=O)N(C)OC)NC(=O)[C@H]2CCCCN2C1=O. The molecule has 258 valence electrons. The number of hydrogen-bond donors (Lipinski definition) is 3. The van der Waals surface area contributed by atoms with Gasteiger partial charge in [-0.15, -0.1) is 0 Å². The van der Waals surface area contributed by atoms with Crippen LogP contribution >= 0.6 is 0 Å². The van der Waals surface area contributed by atoms with Gasteiger partial charge in [0.15, 0.2) is 0 Å². The summed E-state index contributed by atoms with van der Waals surface area (Å²) in [5.41, 5.74) is 1.60. The number of unbranched alkanes of at least 4 members (excludes halogenated alkanes) is 2. The van der Waals surface area contributed by atoms with Crippen molar-refractivity contribution in [2.24, 2.45) is 5.92 Å². The Labute approximate surface area is 276 Å². The molecule has 0 radical (unpaired) electrons. The smallest absolute Gasteiger partial charge is 0.246 e. The summed E-state index contributed by atoms with van der Waals surface area (Å²) in [4.78, 5) is 80.0. The maximum Gasteiger partial charge on any atom is 0.246 e. The first-order valence-corrected chi connectivity index (χ1v) is 16.7. The molecule has 3 N–H and O–H groups in total. The summed E-state index contributed by atoms with van der Waals surface area (Å²) in [6.07, 6.45) is 6.97. The molecular weight excluding hydrogens is 604 g/mol. The highest BCUT2D eigenvalue weighted by Gasteiger charge is 2.41. The van der Waals surface area contributed by atoms with Gasteiger partial charge in [0.25, 0.3) is 0 Å². The van der Waals surface area contributed by atoms with Gasteiger partial charge in [0.2, 0.25) is 29.5 Å². The molecule has 2 aliphatic heterocycles. The second-order valence-corrected chi connectivity index (χ2v) is 12.6. The van der Waals surface area contributed by atoms with Gasteiger partial charge in [-0.1, -0.05) is 51.3 Å². The molecule has 1 aromatic carbocycles. The lowest BCUT2D eigenvalue weighted by atomic mass is 9.93. The van der Waals surface area contributed by atoms with Crippen molar-refractivity contribution in [1.29, 1.82) is 0 Å². The van der Waals surface area contributed by atoms with E-state index < -0.39 is 36.0 Å². The summed E-state index contributed by atoms with van der Waals surface area (Å²) in [5, 5.41) is 10.9. The Hall–Kier alpha value is -4.13. The van der Waals surface area contributed by atoms with E-state index in [9.17, 15) is 24.0 Å². The van der Waals surface area contributed by atoms with Crippen LogP contribution in [0.1, 0.15) is 77.2 Å². The van der Waals surface area contributed by atoms with Crippen LogP contribution in [0.5, 0.6) is 0 Å². The fourth-order valence-electron chi connectivity index (χ4n) is 6.41. The van der Waals surface area contributed by atoms with Crippen molar-refractivity contribution < 1.29 is 33.6 Å². The van der Waals surface area contributed by atoms with Gasteiger partial charge < -0.3 is 25.7 Å². The van der Waals surface area contributed by atoms with Crippen molar-refractivity contribution in [1.82, 2.24) is 30.6 Å². The summed E-state index contributed by atoms with van der Waals surface area (Å²) >= 11 is 0. The van der Waals surface area contributed by atoms with Crippen molar-refractivity contribution in [3.05, 3.63) is 36.0 Å². The van der Waals surface area contributed by atoms with Crippen LogP contribution in [0.15, 0.2) is 30.5 Å². The predicted molar refractivity (Wildman–Crippen MR) is 176 cm³/mol. The molecule has 4 rings (SSSR count). The number of carbonyl (C=O) groups is 5. The van der Waals surface area contributed by atoms with E-state index in [-0.39, 0.29) is 30.1 Å². The first kappa shape index (κ1) is 35.7. The fourth-order valence-corrected chi connectivity index (χ4v) is 6.41. The molecule has 2 saturated heterocycles. The monoisotopic (exact) mass is 654 g/mol. The summed E-state index contributed by atoms with van der Waals surface area (Å²) < 4.78 is 1.61. The Balaban J connectivity index is 1.63. The highest BCUT2D eigenvalue weighted by Crippen LogP contribution is 2.24. The number of hydroxylamine groups is 2. The molecule has 3 heterocycles. The summed E-state index contributed by atoms with van der Waals surface area (Å²) in [5.74, 6) is -1.94. The maximum atomic E-state index is 14.1. The quantitative estimate of drug-likeness (QED) is 0.234. The standard InChI is InChI=1S/C34H50N6O7/c1-6-22(2)30-34(45)39-19-13-12-17-28(39)33(44)35-25(15-8-7-9-18-29(41)38(3)46-4)31(42)36-26(32(43)37-30)20-23-21-40(47-5)27-16-11-10-14-24(23)27/h10-11,14,16,21-22,25-26,28,30H,6-9,12-13,15,17-20H2,1-5H3,(H,35,44)(H,36,42)(H,37,43)/t22?,25-,26-,28+,30-/m0/s1. The average Bonchev–Trinajstić information content (AvgIpc) is 3.45. The molecule has 13 heteroatoms. The number of nitrogens with zero attached hydrogens (tertiary/aromatic N) is 3. The molecule has 1 unspecified atom stereocenters. The Bertz CT molecular complexity index is 1430. The van der Waals surface area contributed by atoms with E-state index >= 15 is 0 Å². The predicted octanol–water partition coefficient (Wildman–Crippen LogP) is 2.11. The molecule has 2 aromatic rings. The number of rotatable bonds is 12. The third kappa shape index (κ3) is 8.62. The number of aromatic nitrogens is 1. The lowest BCUT2D eigenvalue weighted by molar-refractivity contribution is -0.168. The van der Waals surface area contributed by atoms with Crippen LogP contribution < -0.4 is 20.8 Å². The number of hydrogen-bond acceptors (Lipinski definition) is 7. The minimum absolute atomic E-state index is 0.137. The van der Waals surface area contributed by atoms with Crippen molar-refractivity contribution in [3.63, 3.8) is 0 Å². The maximum absolute atomic E-state index is 14.1. The summed E-state index contributed by atoms with van der Waals surface area (Å²) in [6.45, 7) is 4.26. The number of carbonyl (C=O) groups excluding carboxylic acids is 5. The van der Waals surface area contributed by atoms with E-state index in [1.54, 1.807) is 30.0 Å². The van der Waals surface area contributed by atoms with Gasteiger partial charge in [0.05, 0.1) is 12.6 Å². The molecule has 0 spiro atoms. The van der Waals surface area contributed by atoms with Crippen LogP contribution in [0, 0.1) is 5.92 Å². The number of nitrogens with one attached hydrogen (secondary N) is 3. The van der Waals surface area contributed by atoms with E-state index in [1.807, 2.05) is 38.1 Å². The molecule has 1 aromatic heterocycles. The molecule has 0 bridgehead atoms. The topological polar surface area (TPSA) is 151 Å². The zero-order chi connectivity index (χ0) is 34.1. The van der Waals surface area contributed by atoms with Crippen molar-refractivity contribution >= 4 is 40.4 Å². The number of para-hydroxylation sites is 1. The van der Waals surface area contributed by atoms with Crippen molar-refractivity contribution in [2.75, 3.05) is 27.8 Å². The minimum Gasteiger partial charge on any atom is -0.417 e. The fraction of sp³-hybridized carbons (Fsp3) is 0.618. The average molecular weight is 655 g/mol. The first-order valence-electron chi connectivity index (χ1n) is 16.7. The van der Waals surface area contributed by atoms with Gasteiger partial charge in [-0.05, 0) is 49.7 Å². The number of amides is 5. The first-order chi connectivity index (χ1) is 22.6. The van der Waals surface area contributed by atoms with E-state index in [4.69, 9.17) is 9.68 Å². The zero-order valence-corrected chi connectivity index (χ0v) is 28.3. The molecule has 13 nitrogen and oxygen atoms in total. The lowest BCUT2D eigenvalue weighted by Crippen LogP contribution is -2.64. The van der Waals surface area contributed by atoms with Gasteiger partial charge in [-0.3, -0.25) is 28.8 Å². The third-order valence-corrected chi connectivity index (χ3v) is 9.52. The Morgan fingerprint density at radius 1 is 0.979 bits per heavy atom. The number of fused-ring (bicyclic) bond motifs is 2. The lowest BCUT2D eigenvalue weighted by Gasteiger charge is -2.39. The molecule has 5 atom stereocenters. The van der Waals surface area contributed by atoms with Gasteiger partial charge in [-0.25, -0.2) is 5.06 Å². The molecule has 2 fully saturated rings. The Morgan fingerprint density at radius 3 is 2.43 bits per heavy atom. The molecule has 0 saturated carbocycles. The van der Waals surface area contributed by atoms with Gasteiger partial charge in [0.1, 0.15) is 31.3 Å². The van der Waals surface area contributed by atoms with E-state index in [0.29, 0.717) is 51.5 Å². The van der Waals surface area contributed by atoms with E-state index in [1.165, 1.54) is 12.2 Å². The molecule has 47 heavy (non-hydrogen) atoms. The molecule has 0 aliphatic carbocycles. The second kappa shape index (κ2) is 16.6. The minimum atomic E-state index is -1.03. The van der Waals surface area contributed by atoms with Crippen LogP contribution in [0.4, 0.5) is 0 Å². The van der Waals surface area contributed by atoms with Crippen molar-refractivity contribution in [3.8, 4) is 0 Å². The Morgan fingerprint density at radius 2 is 1.70 bits per heavy atom. The van der Waals surface area contributed by atoms with Crippen molar-refractivity contribution in [2.45, 2.75) is 102 Å². The second-order valence-electron chi connectivity index (χ2n) is 12.6. The largest absolute Gasteiger partial charge is 0.417 e.